The van der Waals surface area contributed by atoms with Gasteiger partial charge in [-0.3, -0.25) is 9.78 Å². The van der Waals surface area contributed by atoms with Gasteiger partial charge in [0.15, 0.2) is 11.5 Å². The van der Waals surface area contributed by atoms with Crippen molar-refractivity contribution in [3.05, 3.63) is 76.2 Å². The van der Waals surface area contributed by atoms with E-state index in [9.17, 15) is 4.79 Å². The molecule has 1 aromatic carbocycles. The first-order valence-electron chi connectivity index (χ1n) is 9.12. The Bertz CT molecular complexity index is 895. The third-order valence-corrected chi connectivity index (χ3v) is 5.33. The van der Waals surface area contributed by atoms with Crippen molar-refractivity contribution >= 4 is 17.2 Å². The molecule has 146 valence electrons. The van der Waals surface area contributed by atoms with Gasteiger partial charge in [0, 0.05) is 22.8 Å². The molecule has 0 bridgehead atoms. The van der Waals surface area contributed by atoms with Crippen LogP contribution in [0.2, 0.25) is 0 Å². The number of pyridine rings is 1. The van der Waals surface area contributed by atoms with Crippen molar-refractivity contribution in [3.8, 4) is 11.5 Å². The van der Waals surface area contributed by atoms with Gasteiger partial charge in [0.1, 0.15) is 6.61 Å². The zero-order chi connectivity index (χ0) is 19.9. The molecule has 2 heterocycles. The van der Waals surface area contributed by atoms with Crippen molar-refractivity contribution in [3.63, 3.8) is 0 Å². The van der Waals surface area contributed by atoms with Crippen LogP contribution in [0.15, 0.2) is 60.2 Å². The number of aromatic nitrogens is 1. The maximum atomic E-state index is 12.8. The molecule has 0 radical (unpaired) electrons. The molecule has 6 heteroatoms. The predicted octanol–water partition coefficient (Wildman–Crippen LogP) is 4.86. The van der Waals surface area contributed by atoms with E-state index >= 15 is 0 Å². The van der Waals surface area contributed by atoms with Crippen LogP contribution in [0.4, 0.5) is 0 Å². The summed E-state index contributed by atoms with van der Waals surface area (Å²) in [5.41, 5.74) is 1.55. The minimum atomic E-state index is -0.133. The topological polar surface area (TPSA) is 60.5 Å². The van der Waals surface area contributed by atoms with Crippen molar-refractivity contribution in [1.29, 1.82) is 0 Å². The van der Waals surface area contributed by atoms with Crippen LogP contribution in [0.5, 0.6) is 11.5 Å². The smallest absolute Gasteiger partial charge is 0.251 e. The van der Waals surface area contributed by atoms with Crippen molar-refractivity contribution in [2.45, 2.75) is 26.5 Å². The van der Waals surface area contributed by atoms with Gasteiger partial charge >= 0.3 is 0 Å². The molecule has 28 heavy (non-hydrogen) atoms. The number of hydrogen-bond acceptors (Lipinski definition) is 5. The van der Waals surface area contributed by atoms with Crippen LogP contribution in [0.25, 0.3) is 0 Å². The number of rotatable bonds is 8. The first kappa shape index (κ1) is 19.9. The van der Waals surface area contributed by atoms with Crippen molar-refractivity contribution in [2.75, 3.05) is 7.11 Å². The lowest BCUT2D eigenvalue weighted by Crippen LogP contribution is -2.31. The fourth-order valence-electron chi connectivity index (χ4n) is 2.83. The number of amides is 1. The second-order valence-corrected chi connectivity index (χ2v) is 7.70. The molecule has 1 amide bonds. The van der Waals surface area contributed by atoms with Crippen LogP contribution < -0.4 is 14.8 Å². The highest BCUT2D eigenvalue weighted by Gasteiger charge is 2.21. The van der Waals surface area contributed by atoms with E-state index in [0.29, 0.717) is 23.7 Å². The van der Waals surface area contributed by atoms with E-state index in [1.54, 1.807) is 49.0 Å². The summed E-state index contributed by atoms with van der Waals surface area (Å²) >= 11 is 1.65. The Kier molecular flexibility index (Phi) is 6.66. The first-order chi connectivity index (χ1) is 13.6. The van der Waals surface area contributed by atoms with Crippen molar-refractivity contribution < 1.29 is 14.3 Å². The van der Waals surface area contributed by atoms with E-state index in [-0.39, 0.29) is 17.9 Å². The Morgan fingerprint density at radius 1 is 1.14 bits per heavy atom. The summed E-state index contributed by atoms with van der Waals surface area (Å²) in [5.74, 6) is 1.27. The fourth-order valence-corrected chi connectivity index (χ4v) is 3.78. The van der Waals surface area contributed by atoms with Crippen LogP contribution in [-0.2, 0) is 6.61 Å². The standard InChI is InChI=1S/C22H24N2O3S/c1-15(2)21(20-5-4-12-28-20)24-22(25)17-6-7-18(19(13-17)26-3)27-14-16-8-10-23-11-9-16/h4-13,15,21H,14H2,1-3H3,(H,24,25)/t21-/m0/s1. The normalized spacial score (nSPS) is 11.9. The Hall–Kier alpha value is -2.86. The number of ether oxygens (including phenoxy) is 2. The molecule has 0 saturated carbocycles. The van der Waals surface area contributed by atoms with Crippen LogP contribution >= 0.6 is 11.3 Å². The molecule has 3 rings (SSSR count). The molecule has 0 fully saturated rings. The highest BCUT2D eigenvalue weighted by molar-refractivity contribution is 7.10. The van der Waals surface area contributed by atoms with E-state index in [4.69, 9.17) is 9.47 Å². The molecule has 0 saturated heterocycles. The number of hydrogen-bond donors (Lipinski definition) is 1. The van der Waals surface area contributed by atoms with Crippen LogP contribution in [-0.4, -0.2) is 18.0 Å². The first-order valence-corrected chi connectivity index (χ1v) is 10.0. The molecule has 0 aliphatic rings. The lowest BCUT2D eigenvalue weighted by Gasteiger charge is -2.21. The minimum Gasteiger partial charge on any atom is -0.493 e. The lowest BCUT2D eigenvalue weighted by atomic mass is 10.0. The Morgan fingerprint density at radius 2 is 1.93 bits per heavy atom. The molecule has 2 aromatic heterocycles. The van der Waals surface area contributed by atoms with Crippen LogP contribution in [0.1, 0.15) is 40.7 Å². The van der Waals surface area contributed by atoms with E-state index in [1.165, 1.54) is 0 Å². The second-order valence-electron chi connectivity index (χ2n) is 6.72. The zero-order valence-corrected chi connectivity index (χ0v) is 17.0. The second kappa shape index (κ2) is 9.37. The van der Waals surface area contributed by atoms with Gasteiger partial charge in [-0.1, -0.05) is 19.9 Å². The van der Waals surface area contributed by atoms with Gasteiger partial charge in [-0.2, -0.15) is 0 Å². The number of thiophene rings is 1. The minimum absolute atomic E-state index is 0.0267. The Morgan fingerprint density at radius 3 is 2.57 bits per heavy atom. The molecule has 5 nitrogen and oxygen atoms in total. The van der Waals surface area contributed by atoms with Crippen molar-refractivity contribution in [1.82, 2.24) is 10.3 Å². The Balaban J connectivity index is 1.72. The number of benzene rings is 1. The average Bonchev–Trinajstić information content (AvgIpc) is 3.25. The summed E-state index contributed by atoms with van der Waals surface area (Å²) in [7, 11) is 1.57. The molecule has 0 aliphatic carbocycles. The van der Waals surface area contributed by atoms with Gasteiger partial charge < -0.3 is 14.8 Å². The number of nitrogens with zero attached hydrogens (tertiary/aromatic N) is 1. The molecular formula is C22H24N2O3S. The maximum absolute atomic E-state index is 12.8. The Labute approximate surface area is 169 Å². The summed E-state index contributed by atoms with van der Waals surface area (Å²) in [6.07, 6.45) is 3.45. The van der Waals surface area contributed by atoms with Gasteiger partial charge in [-0.15, -0.1) is 11.3 Å². The van der Waals surface area contributed by atoms with Crippen molar-refractivity contribution in [2.24, 2.45) is 5.92 Å². The monoisotopic (exact) mass is 396 g/mol. The zero-order valence-electron chi connectivity index (χ0n) is 16.2. The van der Waals surface area contributed by atoms with Crippen LogP contribution in [0.3, 0.4) is 0 Å². The molecule has 0 aliphatic heterocycles. The van der Waals surface area contributed by atoms with Gasteiger partial charge in [0.05, 0.1) is 13.2 Å². The fraction of sp³-hybridized carbons (Fsp3) is 0.273. The molecule has 1 N–H and O–H groups in total. The van der Waals surface area contributed by atoms with E-state index in [0.717, 1.165) is 10.4 Å². The van der Waals surface area contributed by atoms with E-state index in [2.05, 4.69) is 24.1 Å². The predicted molar refractivity (Wildman–Crippen MR) is 111 cm³/mol. The summed E-state index contributed by atoms with van der Waals surface area (Å²) in [6.45, 7) is 4.60. The lowest BCUT2D eigenvalue weighted by molar-refractivity contribution is 0.0926. The number of methoxy groups -OCH3 is 1. The van der Waals surface area contributed by atoms with Gasteiger partial charge in [-0.25, -0.2) is 0 Å². The third-order valence-electron chi connectivity index (χ3n) is 4.37. The van der Waals surface area contributed by atoms with Gasteiger partial charge in [0.25, 0.3) is 5.91 Å². The molecule has 3 aromatic rings. The summed E-state index contributed by atoms with van der Waals surface area (Å²) in [4.78, 5) is 17.9. The largest absolute Gasteiger partial charge is 0.493 e. The maximum Gasteiger partial charge on any atom is 0.251 e. The van der Waals surface area contributed by atoms with Crippen LogP contribution in [0, 0.1) is 5.92 Å². The number of carbonyl (C=O) groups is 1. The molecule has 0 unspecified atom stereocenters. The third kappa shape index (κ3) is 4.89. The van der Waals surface area contributed by atoms with E-state index in [1.807, 2.05) is 29.6 Å². The van der Waals surface area contributed by atoms with Gasteiger partial charge in [-0.05, 0) is 53.3 Å². The molecule has 0 spiro atoms. The summed E-state index contributed by atoms with van der Waals surface area (Å²) in [5, 5.41) is 5.15. The van der Waals surface area contributed by atoms with Gasteiger partial charge in [0.2, 0.25) is 0 Å². The summed E-state index contributed by atoms with van der Waals surface area (Å²) < 4.78 is 11.3. The molecule has 1 atom stereocenters. The SMILES string of the molecule is COc1cc(C(=O)N[C@H](c2cccs2)C(C)C)ccc1OCc1ccncc1. The highest BCUT2D eigenvalue weighted by Crippen LogP contribution is 2.30. The summed E-state index contributed by atoms with van der Waals surface area (Å²) in [6, 6.07) is 13.0. The quantitative estimate of drug-likeness (QED) is 0.591. The average molecular weight is 397 g/mol. The molecular weight excluding hydrogens is 372 g/mol. The highest BCUT2D eigenvalue weighted by atomic mass is 32.1. The number of carbonyl (C=O) groups excluding carboxylic acids is 1. The number of nitrogens with one attached hydrogen (secondary N) is 1. The van der Waals surface area contributed by atoms with E-state index < -0.39 is 0 Å².